The summed E-state index contributed by atoms with van der Waals surface area (Å²) in [6, 6.07) is 10.2. The largest absolute Gasteiger partial charge is 0.252 e. The molecule has 3 rings (SSSR count). The average Bonchev–Trinajstić information content (AvgIpc) is 2.40. The first-order chi connectivity index (χ1) is 8.34. The van der Waals surface area contributed by atoms with Crippen molar-refractivity contribution in [2.45, 2.75) is 38.0 Å². The Bertz CT molecular complexity index is 529. The number of halogens is 1. The Morgan fingerprint density at radius 1 is 1.06 bits per heavy atom. The lowest BCUT2D eigenvalue weighted by Crippen LogP contribution is -2.06. The van der Waals surface area contributed by atoms with Gasteiger partial charge in [0.05, 0.1) is 10.5 Å². The van der Waals surface area contributed by atoms with E-state index in [1.165, 1.54) is 37.8 Å². The van der Waals surface area contributed by atoms with Gasteiger partial charge in [-0.15, -0.1) is 0 Å². The number of rotatable bonds is 1. The van der Waals surface area contributed by atoms with Crippen LogP contribution in [0.5, 0.6) is 0 Å². The highest BCUT2D eigenvalue weighted by Crippen LogP contribution is 2.34. The lowest BCUT2D eigenvalue weighted by atomic mass is 9.86. The third-order valence-electron chi connectivity index (χ3n) is 3.71. The normalized spacial score (nSPS) is 17.5. The molecule has 2 heteroatoms. The molecule has 2 aromatic rings. The summed E-state index contributed by atoms with van der Waals surface area (Å²) >= 11 is 6.34. The maximum atomic E-state index is 6.34. The molecule has 0 aliphatic heterocycles. The summed E-state index contributed by atoms with van der Waals surface area (Å²) in [5.41, 5.74) is 2.22. The van der Waals surface area contributed by atoms with Gasteiger partial charge in [-0.1, -0.05) is 49.1 Å². The van der Waals surface area contributed by atoms with Crippen LogP contribution in [0.4, 0.5) is 0 Å². The Balaban J connectivity index is 2.05. The van der Waals surface area contributed by atoms with Crippen molar-refractivity contribution in [3.63, 3.8) is 0 Å². The number of para-hydroxylation sites is 1. The lowest BCUT2D eigenvalue weighted by molar-refractivity contribution is 0.437. The maximum Gasteiger partial charge on any atom is 0.0720 e. The zero-order valence-corrected chi connectivity index (χ0v) is 10.6. The van der Waals surface area contributed by atoms with Crippen molar-refractivity contribution < 1.29 is 0 Å². The molecule has 1 saturated carbocycles. The zero-order valence-electron chi connectivity index (χ0n) is 9.82. The summed E-state index contributed by atoms with van der Waals surface area (Å²) in [4.78, 5) is 4.78. The monoisotopic (exact) mass is 245 g/mol. The highest BCUT2D eigenvalue weighted by atomic mass is 35.5. The van der Waals surface area contributed by atoms with Crippen LogP contribution in [-0.4, -0.2) is 4.98 Å². The van der Waals surface area contributed by atoms with Gasteiger partial charge in [-0.2, -0.15) is 0 Å². The minimum absolute atomic E-state index is 0.617. The van der Waals surface area contributed by atoms with Gasteiger partial charge < -0.3 is 0 Å². The van der Waals surface area contributed by atoms with Crippen molar-refractivity contribution in [1.29, 1.82) is 0 Å². The molecule has 1 heterocycles. The second-order valence-corrected chi connectivity index (χ2v) is 5.29. The van der Waals surface area contributed by atoms with E-state index >= 15 is 0 Å². The molecule has 17 heavy (non-hydrogen) atoms. The number of pyridine rings is 1. The van der Waals surface area contributed by atoms with Gasteiger partial charge in [-0.3, -0.25) is 4.98 Å². The molecule has 0 bridgehead atoms. The minimum Gasteiger partial charge on any atom is -0.252 e. The van der Waals surface area contributed by atoms with Crippen LogP contribution in [0.1, 0.15) is 43.7 Å². The second-order valence-electron chi connectivity index (χ2n) is 4.88. The maximum absolute atomic E-state index is 6.34. The Labute approximate surface area is 107 Å². The van der Waals surface area contributed by atoms with E-state index in [2.05, 4.69) is 6.07 Å². The third kappa shape index (κ3) is 2.16. The fourth-order valence-electron chi connectivity index (χ4n) is 2.76. The van der Waals surface area contributed by atoms with Crippen LogP contribution in [0.25, 0.3) is 10.9 Å². The third-order valence-corrected chi connectivity index (χ3v) is 4.02. The SMILES string of the molecule is Clc1cc(C2CCCCC2)nc2ccccc12. The van der Waals surface area contributed by atoms with E-state index in [0.717, 1.165) is 15.9 Å². The van der Waals surface area contributed by atoms with Crippen LogP contribution < -0.4 is 0 Å². The average molecular weight is 246 g/mol. The van der Waals surface area contributed by atoms with Crippen molar-refractivity contribution in [1.82, 2.24) is 4.98 Å². The van der Waals surface area contributed by atoms with E-state index < -0.39 is 0 Å². The van der Waals surface area contributed by atoms with E-state index in [4.69, 9.17) is 16.6 Å². The summed E-state index contributed by atoms with van der Waals surface area (Å²) < 4.78 is 0. The van der Waals surface area contributed by atoms with Crippen molar-refractivity contribution >= 4 is 22.5 Å². The second kappa shape index (κ2) is 4.66. The summed E-state index contributed by atoms with van der Waals surface area (Å²) in [5, 5.41) is 1.91. The molecule has 1 fully saturated rings. The first-order valence-electron chi connectivity index (χ1n) is 6.40. The molecule has 1 aliphatic rings. The van der Waals surface area contributed by atoms with Gasteiger partial charge in [0.1, 0.15) is 0 Å². The van der Waals surface area contributed by atoms with Gasteiger partial charge in [-0.05, 0) is 25.0 Å². The van der Waals surface area contributed by atoms with Gasteiger partial charge in [0.25, 0.3) is 0 Å². The lowest BCUT2D eigenvalue weighted by Gasteiger charge is -2.21. The van der Waals surface area contributed by atoms with Crippen molar-refractivity contribution in [3.05, 3.63) is 41.0 Å². The summed E-state index contributed by atoms with van der Waals surface area (Å²) in [7, 11) is 0. The van der Waals surface area contributed by atoms with Crippen molar-refractivity contribution in [2.75, 3.05) is 0 Å². The van der Waals surface area contributed by atoms with E-state index in [-0.39, 0.29) is 0 Å². The number of benzene rings is 1. The van der Waals surface area contributed by atoms with Crippen LogP contribution in [0.2, 0.25) is 5.02 Å². The van der Waals surface area contributed by atoms with E-state index in [1.54, 1.807) is 0 Å². The first kappa shape index (κ1) is 11.0. The topological polar surface area (TPSA) is 12.9 Å². The molecular weight excluding hydrogens is 230 g/mol. The molecule has 0 unspecified atom stereocenters. The van der Waals surface area contributed by atoms with Crippen LogP contribution >= 0.6 is 11.6 Å². The van der Waals surface area contributed by atoms with Gasteiger partial charge >= 0.3 is 0 Å². The molecule has 0 saturated heterocycles. The predicted molar refractivity (Wildman–Crippen MR) is 72.6 cm³/mol. The number of hydrogen-bond donors (Lipinski definition) is 0. The molecule has 1 aliphatic carbocycles. The predicted octanol–water partition coefficient (Wildman–Crippen LogP) is 4.94. The summed E-state index contributed by atoms with van der Waals surface area (Å²) in [5.74, 6) is 0.617. The zero-order chi connectivity index (χ0) is 11.7. The van der Waals surface area contributed by atoms with Crippen LogP contribution in [0, 0.1) is 0 Å². The Hall–Kier alpha value is -1.08. The van der Waals surface area contributed by atoms with E-state index in [9.17, 15) is 0 Å². The molecular formula is C15H16ClN. The first-order valence-corrected chi connectivity index (χ1v) is 6.77. The molecule has 0 amide bonds. The fraction of sp³-hybridized carbons (Fsp3) is 0.400. The molecule has 0 radical (unpaired) electrons. The number of fused-ring (bicyclic) bond motifs is 1. The minimum atomic E-state index is 0.617. The van der Waals surface area contributed by atoms with Gasteiger partial charge in [0.2, 0.25) is 0 Å². The van der Waals surface area contributed by atoms with Gasteiger partial charge in [0.15, 0.2) is 0 Å². The molecule has 1 aromatic carbocycles. The van der Waals surface area contributed by atoms with E-state index in [0.29, 0.717) is 5.92 Å². The van der Waals surface area contributed by atoms with Gasteiger partial charge in [0, 0.05) is 17.0 Å². The molecule has 1 nitrogen and oxygen atoms in total. The number of aromatic nitrogens is 1. The molecule has 0 atom stereocenters. The molecule has 88 valence electrons. The fourth-order valence-corrected chi connectivity index (χ4v) is 3.03. The summed E-state index contributed by atoms with van der Waals surface area (Å²) in [6.07, 6.45) is 6.56. The van der Waals surface area contributed by atoms with Crippen LogP contribution in [0.15, 0.2) is 30.3 Å². The molecule has 0 spiro atoms. The Kier molecular flexibility index (Phi) is 3.02. The van der Waals surface area contributed by atoms with Crippen LogP contribution in [-0.2, 0) is 0 Å². The standard InChI is InChI=1S/C15H16ClN/c16-13-10-15(11-6-2-1-3-7-11)17-14-9-5-4-8-12(13)14/h4-5,8-11H,1-3,6-7H2. The molecule has 0 N–H and O–H groups in total. The van der Waals surface area contributed by atoms with E-state index in [1.807, 2.05) is 24.3 Å². The smallest absolute Gasteiger partial charge is 0.0720 e. The van der Waals surface area contributed by atoms with Crippen molar-refractivity contribution in [3.8, 4) is 0 Å². The Morgan fingerprint density at radius 3 is 2.65 bits per heavy atom. The highest BCUT2D eigenvalue weighted by Gasteiger charge is 2.17. The molecule has 1 aromatic heterocycles. The number of nitrogens with zero attached hydrogens (tertiary/aromatic N) is 1. The highest BCUT2D eigenvalue weighted by molar-refractivity contribution is 6.35. The van der Waals surface area contributed by atoms with Crippen molar-refractivity contribution in [2.24, 2.45) is 0 Å². The Morgan fingerprint density at radius 2 is 1.82 bits per heavy atom. The van der Waals surface area contributed by atoms with Gasteiger partial charge in [-0.25, -0.2) is 0 Å². The summed E-state index contributed by atoms with van der Waals surface area (Å²) in [6.45, 7) is 0. The number of hydrogen-bond acceptors (Lipinski definition) is 1. The quantitative estimate of drug-likeness (QED) is 0.694. The van der Waals surface area contributed by atoms with Crippen LogP contribution in [0.3, 0.4) is 0 Å².